The van der Waals surface area contributed by atoms with Gasteiger partial charge < -0.3 is 9.84 Å². The van der Waals surface area contributed by atoms with Gasteiger partial charge in [-0.15, -0.1) is 0 Å². The van der Waals surface area contributed by atoms with E-state index in [1.165, 1.54) is 0 Å². The highest BCUT2D eigenvalue weighted by molar-refractivity contribution is 5.40. The molecule has 0 unspecified atom stereocenters. The summed E-state index contributed by atoms with van der Waals surface area (Å²) in [6.45, 7) is 4.49. The second-order valence-corrected chi connectivity index (χ2v) is 4.67. The van der Waals surface area contributed by atoms with Gasteiger partial charge in [0.1, 0.15) is 19.0 Å². The third-order valence-corrected chi connectivity index (χ3v) is 3.03. The second kappa shape index (κ2) is 6.79. The Morgan fingerprint density at radius 2 is 1.75 bits per heavy atom. The number of hydrogen-bond acceptors (Lipinski definition) is 2. The minimum Gasteiger partial charge on any atom is -0.488 e. The maximum Gasteiger partial charge on any atom is 0.125 e. The van der Waals surface area contributed by atoms with Gasteiger partial charge >= 0.3 is 0 Å². The topological polar surface area (TPSA) is 29.5 Å². The predicted octanol–water partition coefficient (Wildman–Crippen LogP) is 3.23. The van der Waals surface area contributed by atoms with E-state index >= 15 is 0 Å². The van der Waals surface area contributed by atoms with Crippen molar-refractivity contribution in [2.45, 2.75) is 20.5 Å². The number of aliphatic hydroxyl groups excluding tert-OH is 1. The predicted molar refractivity (Wildman–Crippen MR) is 80.7 cm³/mol. The normalized spacial score (nSPS) is 9.75. The lowest BCUT2D eigenvalue weighted by Gasteiger charge is -2.12. The maximum absolute atomic E-state index is 8.71. The number of aliphatic hydroxyl groups is 1. The average Bonchev–Trinajstić information content (AvgIpc) is 2.45. The zero-order chi connectivity index (χ0) is 14.4. The minimum atomic E-state index is -0.122. The van der Waals surface area contributed by atoms with Crippen molar-refractivity contribution >= 4 is 0 Å². The molecule has 0 saturated carbocycles. The van der Waals surface area contributed by atoms with E-state index in [1.54, 1.807) is 0 Å². The van der Waals surface area contributed by atoms with Crippen LogP contribution in [0.1, 0.15) is 22.3 Å². The smallest absolute Gasteiger partial charge is 0.125 e. The molecule has 0 aliphatic rings. The summed E-state index contributed by atoms with van der Waals surface area (Å²) in [5, 5.41) is 8.71. The van der Waals surface area contributed by atoms with Crippen molar-refractivity contribution < 1.29 is 9.84 Å². The van der Waals surface area contributed by atoms with Crippen LogP contribution < -0.4 is 4.74 Å². The maximum atomic E-state index is 8.71. The molecule has 2 aromatic carbocycles. The summed E-state index contributed by atoms with van der Waals surface area (Å²) in [6.07, 6.45) is 0. The fraction of sp³-hybridized carbons (Fsp3) is 0.222. The number of benzene rings is 2. The van der Waals surface area contributed by atoms with Gasteiger partial charge in [-0.25, -0.2) is 0 Å². The van der Waals surface area contributed by atoms with Gasteiger partial charge in [-0.2, -0.15) is 0 Å². The summed E-state index contributed by atoms with van der Waals surface area (Å²) in [4.78, 5) is 0. The van der Waals surface area contributed by atoms with Gasteiger partial charge in [-0.1, -0.05) is 42.2 Å². The molecule has 0 radical (unpaired) electrons. The Bertz CT molecular complexity index is 628. The first-order valence-electron chi connectivity index (χ1n) is 6.58. The van der Waals surface area contributed by atoms with E-state index in [9.17, 15) is 0 Å². The third kappa shape index (κ3) is 3.63. The van der Waals surface area contributed by atoms with E-state index < -0.39 is 0 Å². The summed E-state index contributed by atoms with van der Waals surface area (Å²) in [6, 6.07) is 14.0. The minimum absolute atomic E-state index is 0.122. The van der Waals surface area contributed by atoms with Crippen molar-refractivity contribution in [1.82, 2.24) is 0 Å². The molecule has 0 aliphatic carbocycles. The van der Waals surface area contributed by atoms with Crippen LogP contribution in [0.5, 0.6) is 5.75 Å². The molecule has 2 rings (SSSR count). The first-order chi connectivity index (χ1) is 9.70. The molecule has 0 saturated heterocycles. The first kappa shape index (κ1) is 14.2. The van der Waals surface area contributed by atoms with E-state index in [2.05, 4.69) is 11.8 Å². The fourth-order valence-corrected chi connectivity index (χ4v) is 2.06. The highest BCUT2D eigenvalue weighted by atomic mass is 16.5. The molecule has 0 amide bonds. The highest BCUT2D eigenvalue weighted by Crippen LogP contribution is 2.23. The van der Waals surface area contributed by atoms with E-state index in [4.69, 9.17) is 9.84 Å². The van der Waals surface area contributed by atoms with Crippen LogP contribution in [-0.2, 0) is 6.61 Å². The number of aryl methyl sites for hydroxylation is 2. The zero-order valence-corrected chi connectivity index (χ0v) is 11.8. The first-order valence-corrected chi connectivity index (χ1v) is 6.58. The van der Waals surface area contributed by atoms with Crippen LogP contribution in [0.15, 0.2) is 42.5 Å². The average molecular weight is 266 g/mol. The Labute approximate surface area is 120 Å². The van der Waals surface area contributed by atoms with Crippen molar-refractivity contribution in [2.75, 3.05) is 6.61 Å². The van der Waals surface area contributed by atoms with Gasteiger partial charge in [0.25, 0.3) is 0 Å². The quantitative estimate of drug-likeness (QED) is 0.864. The molecule has 1 N–H and O–H groups in total. The van der Waals surface area contributed by atoms with E-state index in [1.807, 2.05) is 56.3 Å². The highest BCUT2D eigenvalue weighted by Gasteiger charge is 2.03. The number of para-hydroxylation sites is 1. The molecule has 102 valence electrons. The lowest BCUT2D eigenvalue weighted by atomic mass is 10.1. The molecule has 2 heteroatoms. The van der Waals surface area contributed by atoms with E-state index in [-0.39, 0.29) is 6.61 Å². The van der Waals surface area contributed by atoms with Gasteiger partial charge in [-0.05, 0) is 42.7 Å². The summed E-state index contributed by atoms with van der Waals surface area (Å²) in [5.41, 5.74) is 4.24. The van der Waals surface area contributed by atoms with Crippen molar-refractivity contribution in [3.8, 4) is 17.6 Å². The standard InChI is InChI=1S/C18H18O2/c1-14-6-3-7-15(2)18(14)20-13-17-9-4-8-16(12-17)10-5-11-19/h3-4,6-9,12,19H,11,13H2,1-2H3. The van der Waals surface area contributed by atoms with Crippen LogP contribution >= 0.6 is 0 Å². The van der Waals surface area contributed by atoms with Gasteiger partial charge in [0.15, 0.2) is 0 Å². The number of hydrogen-bond donors (Lipinski definition) is 1. The van der Waals surface area contributed by atoms with Crippen molar-refractivity contribution in [2.24, 2.45) is 0 Å². The van der Waals surface area contributed by atoms with Gasteiger partial charge in [-0.3, -0.25) is 0 Å². The van der Waals surface area contributed by atoms with Crippen LogP contribution in [0.2, 0.25) is 0 Å². The lowest BCUT2D eigenvalue weighted by molar-refractivity contribution is 0.302. The van der Waals surface area contributed by atoms with Crippen molar-refractivity contribution in [1.29, 1.82) is 0 Å². The van der Waals surface area contributed by atoms with Gasteiger partial charge in [0.2, 0.25) is 0 Å². The molecule has 0 heterocycles. The van der Waals surface area contributed by atoms with Crippen LogP contribution in [0, 0.1) is 25.7 Å². The van der Waals surface area contributed by atoms with Crippen LogP contribution in [0.4, 0.5) is 0 Å². The lowest BCUT2D eigenvalue weighted by Crippen LogP contribution is -1.99. The summed E-state index contributed by atoms with van der Waals surface area (Å²) < 4.78 is 5.92. The summed E-state index contributed by atoms with van der Waals surface area (Å²) in [5.74, 6) is 6.49. The molecule has 2 nitrogen and oxygen atoms in total. The van der Waals surface area contributed by atoms with Gasteiger partial charge in [0.05, 0.1) is 0 Å². The Hall–Kier alpha value is -2.24. The third-order valence-electron chi connectivity index (χ3n) is 3.03. The molecule has 0 atom stereocenters. The molecule has 0 aliphatic heterocycles. The van der Waals surface area contributed by atoms with Crippen molar-refractivity contribution in [3.63, 3.8) is 0 Å². The van der Waals surface area contributed by atoms with Crippen LogP contribution in [0.3, 0.4) is 0 Å². The van der Waals surface area contributed by atoms with Crippen LogP contribution in [0.25, 0.3) is 0 Å². The zero-order valence-electron chi connectivity index (χ0n) is 11.8. The van der Waals surface area contributed by atoms with E-state index in [0.29, 0.717) is 6.61 Å². The fourth-order valence-electron chi connectivity index (χ4n) is 2.06. The molecule has 0 bridgehead atoms. The molecular weight excluding hydrogens is 248 g/mol. The summed E-state index contributed by atoms with van der Waals surface area (Å²) >= 11 is 0. The Balaban J connectivity index is 2.11. The Morgan fingerprint density at radius 3 is 2.45 bits per heavy atom. The molecule has 2 aromatic rings. The van der Waals surface area contributed by atoms with Crippen molar-refractivity contribution in [3.05, 3.63) is 64.7 Å². The van der Waals surface area contributed by atoms with Gasteiger partial charge in [0, 0.05) is 5.56 Å². The van der Waals surface area contributed by atoms with Crippen LogP contribution in [-0.4, -0.2) is 11.7 Å². The Morgan fingerprint density at radius 1 is 1.05 bits per heavy atom. The summed E-state index contributed by atoms with van der Waals surface area (Å²) in [7, 11) is 0. The molecule has 0 spiro atoms. The monoisotopic (exact) mass is 266 g/mol. The molecular formula is C18H18O2. The number of ether oxygens (including phenoxy) is 1. The molecule has 20 heavy (non-hydrogen) atoms. The largest absolute Gasteiger partial charge is 0.488 e. The number of rotatable bonds is 3. The Kier molecular flexibility index (Phi) is 4.81. The molecule has 0 aromatic heterocycles. The second-order valence-electron chi connectivity index (χ2n) is 4.67. The van der Waals surface area contributed by atoms with E-state index in [0.717, 1.165) is 28.0 Å². The SMILES string of the molecule is Cc1cccc(C)c1OCc1cccc(C#CCO)c1. The molecule has 0 fully saturated rings.